The van der Waals surface area contributed by atoms with E-state index in [1.165, 1.54) is 55.5 Å². The summed E-state index contributed by atoms with van der Waals surface area (Å²) in [7, 11) is -0.903. The molecule has 0 aliphatic carbocycles. The standard InChI is InChI=1S/C6H12BO3.3C6H15P.Rh/c1-5(2)6(3,4)10-7(8)9-5;3*1-4-7(5-2)6-3;/h1-4H3;3*4-6H2,1-3H3;/q-1;;;;/p+3. The summed E-state index contributed by atoms with van der Waals surface area (Å²) in [5.41, 5.74) is -0.946. The third kappa shape index (κ3) is 20.1. The van der Waals surface area contributed by atoms with Crippen LogP contribution >= 0.6 is 23.8 Å². The van der Waals surface area contributed by atoms with Crippen LogP contribution in [0.3, 0.4) is 0 Å². The van der Waals surface area contributed by atoms with Crippen LogP contribution in [-0.4, -0.2) is 74.0 Å². The minimum absolute atomic E-state index is 0. The van der Waals surface area contributed by atoms with Crippen LogP contribution in [0, 0.1) is 0 Å². The van der Waals surface area contributed by atoms with E-state index in [-0.39, 0.29) is 43.2 Å². The molecule has 0 N–H and O–H groups in total. The van der Waals surface area contributed by atoms with Crippen molar-refractivity contribution in [1.29, 1.82) is 0 Å². The van der Waals surface area contributed by atoms with Crippen molar-refractivity contribution in [3.63, 3.8) is 0 Å². The molecule has 0 amide bonds. The minimum Gasteiger partial charge on any atom is -0.832 e. The Labute approximate surface area is 220 Å². The maximum atomic E-state index is 10.7. The zero-order valence-corrected chi connectivity index (χ0v) is 28.6. The van der Waals surface area contributed by atoms with Gasteiger partial charge in [-0.2, -0.15) is 0 Å². The van der Waals surface area contributed by atoms with Crippen LogP contribution in [-0.2, 0) is 28.8 Å². The van der Waals surface area contributed by atoms with Crippen LogP contribution < -0.4 is 5.02 Å². The van der Waals surface area contributed by atoms with E-state index in [0.29, 0.717) is 0 Å². The van der Waals surface area contributed by atoms with Gasteiger partial charge < -0.3 is 14.3 Å². The molecule has 0 unspecified atom stereocenters. The fourth-order valence-corrected chi connectivity index (χ4v) is 7.54. The van der Waals surface area contributed by atoms with Gasteiger partial charge in [-0.25, -0.2) is 0 Å². The topological polar surface area (TPSA) is 41.5 Å². The predicted molar refractivity (Wildman–Crippen MR) is 156 cm³/mol. The van der Waals surface area contributed by atoms with Gasteiger partial charge in [-0.15, -0.1) is 0 Å². The van der Waals surface area contributed by atoms with E-state index in [1.807, 2.05) is 27.7 Å². The average molecular weight is 603 g/mol. The maximum absolute atomic E-state index is 10.7. The molecule has 0 atom stereocenters. The molecule has 1 aliphatic heterocycles. The van der Waals surface area contributed by atoms with Gasteiger partial charge in [0.2, 0.25) is 0 Å². The molecule has 3 nitrogen and oxygen atoms in total. The fourth-order valence-electron chi connectivity index (χ4n) is 3.04. The molecule has 1 aliphatic rings. The Balaban J connectivity index is -0.000000164. The Bertz CT molecular complexity index is 318. The van der Waals surface area contributed by atoms with Crippen LogP contribution in [0.1, 0.15) is 90.0 Å². The fraction of sp³-hybridized carbons (Fsp3) is 1.00. The van der Waals surface area contributed by atoms with Crippen molar-refractivity contribution in [3.8, 4) is 0 Å². The molecular formula is C24H60BO3P3Rh+2. The molecule has 1 heterocycles. The van der Waals surface area contributed by atoms with Crippen LogP contribution in [0.25, 0.3) is 0 Å². The molecular weight excluding hydrogens is 543 g/mol. The Hall–Kier alpha value is 1.86. The van der Waals surface area contributed by atoms with E-state index in [2.05, 4.69) is 62.3 Å². The molecule has 0 aromatic carbocycles. The van der Waals surface area contributed by atoms with E-state index in [0.717, 1.165) is 0 Å². The van der Waals surface area contributed by atoms with E-state index >= 15 is 0 Å². The molecule has 0 bridgehead atoms. The first kappa shape index (κ1) is 41.0. The summed E-state index contributed by atoms with van der Waals surface area (Å²) in [4.78, 5) is 0. The third-order valence-corrected chi connectivity index (χ3v) is 15.7. The van der Waals surface area contributed by atoms with Crippen molar-refractivity contribution >= 4 is 31.1 Å². The molecule has 32 heavy (non-hydrogen) atoms. The first-order chi connectivity index (χ1) is 14.4. The van der Waals surface area contributed by atoms with Gasteiger partial charge in [0, 0.05) is 19.5 Å². The van der Waals surface area contributed by atoms with Gasteiger partial charge in [0.25, 0.3) is 0 Å². The van der Waals surface area contributed by atoms with Gasteiger partial charge in [0.15, 0.2) is 0 Å². The Morgan fingerprint density at radius 2 is 0.656 bits per heavy atom. The molecule has 0 saturated carbocycles. The number of hydrogen-bond donors (Lipinski definition) is 0. The predicted octanol–water partition coefficient (Wildman–Crippen LogP) is 6.71. The summed E-state index contributed by atoms with van der Waals surface area (Å²) >= 11 is 0. The van der Waals surface area contributed by atoms with Gasteiger partial charge in [-0.1, -0.05) is 0 Å². The Kier molecular flexibility index (Phi) is 31.5. The van der Waals surface area contributed by atoms with Crippen LogP contribution in [0.15, 0.2) is 0 Å². The molecule has 1 saturated heterocycles. The Morgan fingerprint density at radius 1 is 0.500 bits per heavy atom. The molecule has 0 spiro atoms. The summed E-state index contributed by atoms with van der Waals surface area (Å²) in [6.07, 6.45) is 13.1. The van der Waals surface area contributed by atoms with E-state index in [9.17, 15) is 5.02 Å². The monoisotopic (exact) mass is 603 g/mol. The van der Waals surface area contributed by atoms with E-state index < -0.39 is 18.5 Å². The van der Waals surface area contributed by atoms with Crippen molar-refractivity contribution in [2.45, 2.75) is 101 Å². The first-order valence-corrected chi connectivity index (χ1v) is 19.3. The van der Waals surface area contributed by atoms with Gasteiger partial charge in [0.1, 0.15) is 0 Å². The van der Waals surface area contributed by atoms with Crippen molar-refractivity contribution in [1.82, 2.24) is 0 Å². The maximum Gasteiger partial charge on any atom is 0.346 e. The minimum atomic E-state index is -1.31. The summed E-state index contributed by atoms with van der Waals surface area (Å²) in [6, 6.07) is 0. The van der Waals surface area contributed by atoms with Crippen LogP contribution in [0.4, 0.5) is 0 Å². The van der Waals surface area contributed by atoms with Crippen LogP contribution in [0.5, 0.6) is 0 Å². The smallest absolute Gasteiger partial charge is 0.346 e. The van der Waals surface area contributed by atoms with Crippen molar-refractivity contribution < 1.29 is 33.8 Å². The molecule has 0 aromatic heterocycles. The molecule has 0 aromatic rings. The SMILES string of the molecule is CC1(C)OB([O-])OC1(C)C.CC[PH+](CC)CC.CC[PH+](CC)CC.CC[PH+](CC)CC.[Rh]. The molecule has 1 rings (SSSR count). The van der Waals surface area contributed by atoms with Crippen molar-refractivity contribution in [2.75, 3.05) is 55.5 Å². The van der Waals surface area contributed by atoms with E-state index in [4.69, 9.17) is 9.31 Å². The quantitative estimate of drug-likeness (QED) is 0.217. The largest absolute Gasteiger partial charge is 0.832 e. The summed E-state index contributed by atoms with van der Waals surface area (Å²) in [5.74, 6) is 0. The van der Waals surface area contributed by atoms with E-state index in [1.54, 1.807) is 0 Å². The van der Waals surface area contributed by atoms with Gasteiger partial charge >= 0.3 is 7.32 Å². The molecule has 1 radical (unpaired) electrons. The zero-order chi connectivity index (χ0) is 25.1. The second kappa shape index (κ2) is 24.5. The van der Waals surface area contributed by atoms with Gasteiger partial charge in [0.05, 0.1) is 66.7 Å². The first-order valence-electron chi connectivity index (χ1n) is 12.9. The summed E-state index contributed by atoms with van der Waals surface area (Å²) in [6.45, 7) is 28.2. The normalized spacial score (nSPS) is 15.8. The van der Waals surface area contributed by atoms with Crippen molar-refractivity contribution in [3.05, 3.63) is 0 Å². The van der Waals surface area contributed by atoms with Gasteiger partial charge in [-0.3, -0.25) is 0 Å². The second-order valence-corrected chi connectivity index (χ2v) is 19.8. The van der Waals surface area contributed by atoms with Crippen LogP contribution in [0.2, 0.25) is 0 Å². The zero-order valence-electron chi connectivity index (χ0n) is 24.0. The molecule has 8 heteroatoms. The third-order valence-electron chi connectivity index (χ3n) is 6.73. The van der Waals surface area contributed by atoms with Gasteiger partial charge in [-0.05, 0) is 114 Å². The Morgan fingerprint density at radius 3 is 0.688 bits per heavy atom. The summed E-state index contributed by atoms with van der Waals surface area (Å²) < 4.78 is 9.97. The molecule has 199 valence electrons. The molecule has 1 fully saturated rings. The summed E-state index contributed by atoms with van der Waals surface area (Å²) in [5, 5.41) is 10.7. The van der Waals surface area contributed by atoms with Crippen molar-refractivity contribution in [2.24, 2.45) is 0 Å². The second-order valence-electron chi connectivity index (χ2n) is 8.98. The number of hydrogen-bond acceptors (Lipinski definition) is 3. The average Bonchev–Trinajstić information content (AvgIpc) is 2.92. The number of rotatable bonds is 9.